The maximum absolute atomic E-state index is 12.5. The zero-order valence-corrected chi connectivity index (χ0v) is 14.9. The van der Waals surface area contributed by atoms with Gasteiger partial charge >= 0.3 is 0 Å². The summed E-state index contributed by atoms with van der Waals surface area (Å²) in [6.45, 7) is 0.479. The molecule has 5 nitrogen and oxygen atoms in total. The first-order chi connectivity index (χ1) is 12.7. The average molecular weight is 353 g/mol. The fourth-order valence-corrected chi connectivity index (χ4v) is 3.64. The Hall–Kier alpha value is -2.53. The number of amides is 1. The summed E-state index contributed by atoms with van der Waals surface area (Å²) in [5.41, 5.74) is 2.26. The molecule has 1 amide bonds. The molecule has 2 aromatic rings. The molecule has 2 aliphatic rings. The van der Waals surface area contributed by atoms with Gasteiger partial charge in [-0.05, 0) is 42.7 Å². The number of carbonyl (C=O) groups excluding carboxylic acids is 1. The van der Waals surface area contributed by atoms with Crippen molar-refractivity contribution in [3.8, 4) is 11.5 Å². The third kappa shape index (κ3) is 3.40. The van der Waals surface area contributed by atoms with Crippen LogP contribution < -0.4 is 14.8 Å². The number of hydrogen-bond acceptors (Lipinski definition) is 4. The molecule has 2 aromatic carbocycles. The van der Waals surface area contributed by atoms with Crippen molar-refractivity contribution in [3.63, 3.8) is 0 Å². The Kier molecular flexibility index (Phi) is 4.55. The Labute approximate surface area is 153 Å². The Balaban J connectivity index is 1.48. The van der Waals surface area contributed by atoms with Gasteiger partial charge in [0, 0.05) is 37.3 Å². The summed E-state index contributed by atoms with van der Waals surface area (Å²) < 4.78 is 17.3. The van der Waals surface area contributed by atoms with E-state index in [9.17, 15) is 4.79 Å². The van der Waals surface area contributed by atoms with E-state index in [1.807, 2.05) is 36.4 Å². The van der Waals surface area contributed by atoms with Gasteiger partial charge in [-0.1, -0.05) is 18.6 Å². The van der Waals surface area contributed by atoms with Gasteiger partial charge in [-0.15, -0.1) is 0 Å². The van der Waals surface area contributed by atoms with Crippen molar-refractivity contribution in [2.24, 2.45) is 0 Å². The van der Waals surface area contributed by atoms with Crippen LogP contribution in [0.4, 0.5) is 5.69 Å². The maximum Gasteiger partial charge on any atom is 0.255 e. The number of fused-ring (bicyclic) bond motifs is 1. The summed E-state index contributed by atoms with van der Waals surface area (Å²) >= 11 is 0. The van der Waals surface area contributed by atoms with Crippen LogP contribution in [0.25, 0.3) is 0 Å². The highest BCUT2D eigenvalue weighted by molar-refractivity contribution is 6.04. The van der Waals surface area contributed by atoms with Crippen LogP contribution in [0.1, 0.15) is 48.0 Å². The number of benzene rings is 2. The van der Waals surface area contributed by atoms with Gasteiger partial charge in [0.2, 0.25) is 0 Å². The van der Waals surface area contributed by atoms with Crippen molar-refractivity contribution in [2.45, 2.75) is 44.5 Å². The van der Waals surface area contributed by atoms with Gasteiger partial charge in [0.25, 0.3) is 11.7 Å². The Bertz CT molecular complexity index is 811. The third-order valence-corrected chi connectivity index (χ3v) is 4.91. The quantitative estimate of drug-likeness (QED) is 0.878. The van der Waals surface area contributed by atoms with Gasteiger partial charge < -0.3 is 19.5 Å². The molecule has 1 N–H and O–H groups in total. The molecule has 0 aromatic heterocycles. The van der Waals surface area contributed by atoms with Gasteiger partial charge in [0.1, 0.15) is 0 Å². The standard InChI is InChI=1S/C21H23NO4/c1-24-14-15-6-5-7-16(12-15)20(23)22-17-8-9-18-19(13-17)26-21(25-18)10-3-2-4-11-21/h5-9,12-13H,2-4,10-11,14H2,1H3,(H,22,23). The third-order valence-electron chi connectivity index (χ3n) is 4.91. The second-order valence-electron chi connectivity index (χ2n) is 6.92. The largest absolute Gasteiger partial charge is 0.448 e. The summed E-state index contributed by atoms with van der Waals surface area (Å²) in [6, 6.07) is 13.0. The molecule has 0 unspecified atom stereocenters. The fourth-order valence-electron chi connectivity index (χ4n) is 3.64. The first kappa shape index (κ1) is 16.9. The average Bonchev–Trinajstić information content (AvgIpc) is 2.99. The Morgan fingerprint density at radius 2 is 1.88 bits per heavy atom. The van der Waals surface area contributed by atoms with Crippen LogP contribution >= 0.6 is 0 Å². The van der Waals surface area contributed by atoms with Gasteiger partial charge in [0.05, 0.1) is 6.61 Å². The molecule has 1 heterocycles. The van der Waals surface area contributed by atoms with E-state index in [4.69, 9.17) is 14.2 Å². The van der Waals surface area contributed by atoms with E-state index in [1.165, 1.54) is 6.42 Å². The summed E-state index contributed by atoms with van der Waals surface area (Å²) in [6.07, 6.45) is 5.30. The summed E-state index contributed by atoms with van der Waals surface area (Å²) in [5.74, 6) is 0.802. The van der Waals surface area contributed by atoms with Crippen LogP contribution in [0.3, 0.4) is 0 Å². The molecule has 0 bridgehead atoms. The molecule has 0 saturated heterocycles. The van der Waals surface area contributed by atoms with E-state index in [0.717, 1.165) is 37.0 Å². The van der Waals surface area contributed by atoms with Gasteiger partial charge in [-0.2, -0.15) is 0 Å². The Morgan fingerprint density at radius 3 is 2.69 bits per heavy atom. The molecule has 4 rings (SSSR count). The second kappa shape index (κ2) is 7.00. The first-order valence-corrected chi connectivity index (χ1v) is 9.09. The van der Waals surface area contributed by atoms with Gasteiger partial charge in [-0.3, -0.25) is 4.79 Å². The van der Waals surface area contributed by atoms with E-state index in [0.29, 0.717) is 23.6 Å². The minimum absolute atomic E-state index is 0.158. The van der Waals surface area contributed by atoms with E-state index >= 15 is 0 Å². The molecular formula is C21H23NO4. The highest BCUT2D eigenvalue weighted by Crippen LogP contribution is 2.46. The van der Waals surface area contributed by atoms with Gasteiger partial charge in [-0.25, -0.2) is 0 Å². The predicted octanol–water partition coefficient (Wildman–Crippen LogP) is 4.52. The zero-order valence-electron chi connectivity index (χ0n) is 14.9. The lowest BCUT2D eigenvalue weighted by molar-refractivity contribution is -0.105. The minimum atomic E-state index is -0.502. The van der Waals surface area contributed by atoms with Crippen molar-refractivity contribution in [2.75, 3.05) is 12.4 Å². The molecule has 1 aliphatic heterocycles. The normalized spacial score (nSPS) is 17.3. The van der Waals surface area contributed by atoms with Crippen LogP contribution in [-0.2, 0) is 11.3 Å². The maximum atomic E-state index is 12.5. The van der Waals surface area contributed by atoms with E-state index in [-0.39, 0.29) is 5.91 Å². The monoisotopic (exact) mass is 353 g/mol. The van der Waals surface area contributed by atoms with E-state index < -0.39 is 5.79 Å². The number of rotatable bonds is 4. The number of anilines is 1. The molecular weight excluding hydrogens is 330 g/mol. The molecule has 1 aliphatic carbocycles. The molecule has 0 atom stereocenters. The van der Waals surface area contributed by atoms with E-state index in [1.54, 1.807) is 13.2 Å². The van der Waals surface area contributed by atoms with Crippen molar-refractivity contribution in [1.82, 2.24) is 0 Å². The van der Waals surface area contributed by atoms with E-state index in [2.05, 4.69) is 5.32 Å². The van der Waals surface area contributed by atoms with Crippen molar-refractivity contribution < 1.29 is 19.0 Å². The van der Waals surface area contributed by atoms with Crippen LogP contribution in [0.15, 0.2) is 42.5 Å². The van der Waals surface area contributed by atoms with Crippen LogP contribution in [-0.4, -0.2) is 18.8 Å². The number of hydrogen-bond donors (Lipinski definition) is 1. The smallest absolute Gasteiger partial charge is 0.255 e. The lowest BCUT2D eigenvalue weighted by Crippen LogP contribution is -2.40. The zero-order chi connectivity index (χ0) is 18.0. The minimum Gasteiger partial charge on any atom is -0.448 e. The second-order valence-corrected chi connectivity index (χ2v) is 6.92. The van der Waals surface area contributed by atoms with Crippen molar-refractivity contribution >= 4 is 11.6 Å². The lowest BCUT2D eigenvalue weighted by atomic mass is 9.94. The van der Waals surface area contributed by atoms with Crippen LogP contribution in [0.5, 0.6) is 11.5 Å². The Morgan fingerprint density at radius 1 is 1.08 bits per heavy atom. The van der Waals surface area contributed by atoms with Crippen molar-refractivity contribution in [3.05, 3.63) is 53.6 Å². The first-order valence-electron chi connectivity index (χ1n) is 9.09. The molecule has 0 radical (unpaired) electrons. The van der Waals surface area contributed by atoms with Crippen LogP contribution in [0, 0.1) is 0 Å². The van der Waals surface area contributed by atoms with Gasteiger partial charge in [0.15, 0.2) is 11.5 Å². The molecule has 1 saturated carbocycles. The van der Waals surface area contributed by atoms with Crippen molar-refractivity contribution in [1.29, 1.82) is 0 Å². The highest BCUT2D eigenvalue weighted by atomic mass is 16.7. The number of methoxy groups -OCH3 is 1. The molecule has 1 fully saturated rings. The molecule has 1 spiro atoms. The SMILES string of the molecule is COCc1cccc(C(=O)Nc2ccc3c(c2)OC2(CCCCC2)O3)c1. The summed E-state index contributed by atoms with van der Waals surface area (Å²) in [7, 11) is 1.64. The topological polar surface area (TPSA) is 56.8 Å². The highest BCUT2D eigenvalue weighted by Gasteiger charge is 2.42. The molecule has 136 valence electrons. The summed E-state index contributed by atoms with van der Waals surface area (Å²) in [5, 5.41) is 2.93. The van der Waals surface area contributed by atoms with Crippen LogP contribution in [0.2, 0.25) is 0 Å². The summed E-state index contributed by atoms with van der Waals surface area (Å²) in [4.78, 5) is 12.5. The number of nitrogens with one attached hydrogen (secondary N) is 1. The number of carbonyl (C=O) groups is 1. The molecule has 26 heavy (non-hydrogen) atoms. The predicted molar refractivity (Wildman–Crippen MR) is 98.6 cm³/mol. The lowest BCUT2D eigenvalue weighted by Gasteiger charge is -2.31. The number of ether oxygens (including phenoxy) is 3. The molecule has 5 heteroatoms. The fraction of sp³-hybridized carbons (Fsp3) is 0.381.